The van der Waals surface area contributed by atoms with Gasteiger partial charge in [0.05, 0.1) is 11.1 Å². The topological polar surface area (TPSA) is 31.4 Å². The first-order valence-electron chi connectivity index (χ1n) is 5.07. The maximum absolute atomic E-state index is 5.48. The monoisotopic (exact) mass is 273 g/mol. The Balaban J connectivity index is 2.34. The highest BCUT2D eigenvalue weighted by Gasteiger charge is 2.04. The molecule has 0 aromatic carbocycles. The fourth-order valence-corrected chi connectivity index (χ4v) is 1.41. The molecule has 84 valence electrons. The lowest BCUT2D eigenvalue weighted by Gasteiger charge is -2.08. The number of rotatable bonds is 6. The molecule has 0 N–H and O–H groups in total. The van der Waals surface area contributed by atoms with Crippen molar-refractivity contribution >= 4 is 15.9 Å². The molecule has 0 atom stereocenters. The maximum atomic E-state index is 5.48. The molecule has 1 aromatic heterocycles. The van der Waals surface area contributed by atoms with Crippen LogP contribution in [0.5, 0.6) is 5.88 Å². The van der Waals surface area contributed by atoms with Gasteiger partial charge in [0.1, 0.15) is 6.61 Å². The Morgan fingerprint density at radius 1 is 1.33 bits per heavy atom. The predicted octanol–water partition coefficient (Wildman–Crippen LogP) is 2.96. The van der Waals surface area contributed by atoms with Crippen LogP contribution in [0.1, 0.15) is 18.9 Å². The first-order valence-corrected chi connectivity index (χ1v) is 5.86. The second-order valence-corrected chi connectivity index (χ2v) is 4.00. The Labute approximate surface area is 98.9 Å². The summed E-state index contributed by atoms with van der Waals surface area (Å²) >= 11 is 3.43. The van der Waals surface area contributed by atoms with Gasteiger partial charge in [-0.25, -0.2) is 4.98 Å². The molecule has 1 heterocycles. The van der Waals surface area contributed by atoms with Crippen molar-refractivity contribution in [3.05, 3.63) is 22.3 Å². The Hall–Kier alpha value is -0.610. The minimum absolute atomic E-state index is 0.537. The van der Waals surface area contributed by atoms with Crippen LogP contribution in [0, 0.1) is 6.92 Å². The van der Waals surface area contributed by atoms with Crippen molar-refractivity contribution in [2.75, 3.05) is 19.8 Å². The normalized spacial score (nSPS) is 10.3. The smallest absolute Gasteiger partial charge is 0.228 e. The third kappa shape index (κ3) is 4.18. The summed E-state index contributed by atoms with van der Waals surface area (Å²) in [5.74, 6) is 0.634. The minimum atomic E-state index is 0.537. The minimum Gasteiger partial charge on any atom is -0.474 e. The van der Waals surface area contributed by atoms with E-state index in [0.29, 0.717) is 19.1 Å². The highest BCUT2D eigenvalue weighted by molar-refractivity contribution is 9.10. The summed E-state index contributed by atoms with van der Waals surface area (Å²) in [5.41, 5.74) is 1.12. The molecular weight excluding hydrogens is 258 g/mol. The molecule has 0 saturated carbocycles. The van der Waals surface area contributed by atoms with E-state index in [1.807, 2.05) is 13.0 Å². The van der Waals surface area contributed by atoms with Gasteiger partial charge < -0.3 is 9.47 Å². The average molecular weight is 274 g/mol. The van der Waals surface area contributed by atoms with Crippen molar-refractivity contribution in [2.45, 2.75) is 20.3 Å². The summed E-state index contributed by atoms with van der Waals surface area (Å²) in [6.45, 7) is 6.02. The first kappa shape index (κ1) is 12.5. The van der Waals surface area contributed by atoms with Gasteiger partial charge in [0.2, 0.25) is 5.88 Å². The highest BCUT2D eigenvalue weighted by Crippen LogP contribution is 2.25. The van der Waals surface area contributed by atoms with E-state index in [9.17, 15) is 0 Å². The second-order valence-electron chi connectivity index (χ2n) is 3.21. The highest BCUT2D eigenvalue weighted by atomic mass is 79.9. The van der Waals surface area contributed by atoms with Crippen LogP contribution in [-0.2, 0) is 4.74 Å². The van der Waals surface area contributed by atoms with Crippen LogP contribution >= 0.6 is 15.9 Å². The van der Waals surface area contributed by atoms with Gasteiger partial charge >= 0.3 is 0 Å². The van der Waals surface area contributed by atoms with Gasteiger partial charge in [-0.2, -0.15) is 0 Å². The summed E-state index contributed by atoms with van der Waals surface area (Å²) in [7, 11) is 0. The van der Waals surface area contributed by atoms with Gasteiger partial charge in [0.15, 0.2) is 0 Å². The van der Waals surface area contributed by atoms with Gasteiger partial charge in [-0.3, -0.25) is 0 Å². The van der Waals surface area contributed by atoms with Crippen LogP contribution in [-0.4, -0.2) is 24.8 Å². The molecular formula is C11H16BrNO2. The quantitative estimate of drug-likeness (QED) is 0.747. The third-order valence-electron chi connectivity index (χ3n) is 1.87. The van der Waals surface area contributed by atoms with E-state index in [4.69, 9.17) is 9.47 Å². The first-order chi connectivity index (χ1) is 7.25. The molecule has 0 fully saturated rings. The van der Waals surface area contributed by atoms with Gasteiger partial charge in [-0.05, 0) is 40.9 Å². The van der Waals surface area contributed by atoms with Crippen molar-refractivity contribution in [1.82, 2.24) is 4.98 Å². The molecule has 3 nitrogen and oxygen atoms in total. The van der Waals surface area contributed by atoms with Crippen LogP contribution in [0.25, 0.3) is 0 Å². The molecule has 0 spiro atoms. The van der Waals surface area contributed by atoms with E-state index in [-0.39, 0.29) is 0 Å². The summed E-state index contributed by atoms with van der Waals surface area (Å²) < 4.78 is 11.7. The number of nitrogens with zero attached hydrogens (tertiary/aromatic N) is 1. The van der Waals surface area contributed by atoms with Crippen LogP contribution in [0.15, 0.2) is 16.7 Å². The van der Waals surface area contributed by atoms with Gasteiger partial charge in [-0.1, -0.05) is 6.92 Å². The second kappa shape index (κ2) is 6.80. The summed E-state index contributed by atoms with van der Waals surface area (Å²) in [6, 6.07) is 1.94. The third-order valence-corrected chi connectivity index (χ3v) is 2.83. The molecule has 0 radical (unpaired) electrons. The lowest BCUT2D eigenvalue weighted by molar-refractivity contribution is 0.0987. The summed E-state index contributed by atoms with van der Waals surface area (Å²) in [5, 5.41) is 0. The molecule has 15 heavy (non-hydrogen) atoms. The zero-order valence-electron chi connectivity index (χ0n) is 9.12. The largest absolute Gasteiger partial charge is 0.474 e. The summed E-state index contributed by atoms with van der Waals surface area (Å²) in [6.07, 6.45) is 2.77. The molecule has 0 unspecified atom stereocenters. The van der Waals surface area contributed by atoms with Crippen molar-refractivity contribution in [3.63, 3.8) is 0 Å². The van der Waals surface area contributed by atoms with E-state index in [0.717, 1.165) is 23.1 Å². The molecule has 0 amide bonds. The van der Waals surface area contributed by atoms with Gasteiger partial charge in [0, 0.05) is 12.8 Å². The lowest BCUT2D eigenvalue weighted by Crippen LogP contribution is -2.08. The number of aryl methyl sites for hydroxylation is 1. The summed E-state index contributed by atoms with van der Waals surface area (Å²) in [4.78, 5) is 4.13. The fraction of sp³-hybridized carbons (Fsp3) is 0.545. The maximum Gasteiger partial charge on any atom is 0.228 e. The molecule has 1 aromatic rings. The SMILES string of the molecule is CCCOCCOc1nccc(C)c1Br. The number of halogens is 1. The zero-order valence-corrected chi connectivity index (χ0v) is 10.7. The molecule has 0 saturated heterocycles. The molecule has 0 bridgehead atoms. The Bertz CT molecular complexity index is 305. The average Bonchev–Trinajstić information content (AvgIpc) is 2.24. The number of pyridine rings is 1. The lowest BCUT2D eigenvalue weighted by atomic mass is 10.3. The van der Waals surface area contributed by atoms with Crippen molar-refractivity contribution in [3.8, 4) is 5.88 Å². The number of aromatic nitrogens is 1. The van der Waals surface area contributed by atoms with Crippen LogP contribution in [0.4, 0.5) is 0 Å². The standard InChI is InChI=1S/C11H16BrNO2/c1-3-6-14-7-8-15-11-10(12)9(2)4-5-13-11/h4-5H,3,6-8H2,1-2H3. The molecule has 1 rings (SSSR count). The fourth-order valence-electron chi connectivity index (χ4n) is 1.06. The van der Waals surface area contributed by atoms with Crippen molar-refractivity contribution < 1.29 is 9.47 Å². The van der Waals surface area contributed by atoms with E-state index < -0.39 is 0 Å². The number of hydrogen-bond acceptors (Lipinski definition) is 3. The Morgan fingerprint density at radius 2 is 2.13 bits per heavy atom. The molecule has 0 aliphatic heterocycles. The van der Waals surface area contributed by atoms with Gasteiger partial charge in [-0.15, -0.1) is 0 Å². The molecule has 0 aliphatic rings. The van der Waals surface area contributed by atoms with Crippen LogP contribution in [0.2, 0.25) is 0 Å². The number of ether oxygens (including phenoxy) is 2. The molecule has 0 aliphatic carbocycles. The van der Waals surface area contributed by atoms with E-state index >= 15 is 0 Å². The van der Waals surface area contributed by atoms with E-state index in [1.54, 1.807) is 6.20 Å². The molecule has 4 heteroatoms. The van der Waals surface area contributed by atoms with Gasteiger partial charge in [0.25, 0.3) is 0 Å². The van der Waals surface area contributed by atoms with E-state index in [2.05, 4.69) is 27.8 Å². The van der Waals surface area contributed by atoms with Crippen LogP contribution in [0.3, 0.4) is 0 Å². The Morgan fingerprint density at radius 3 is 2.87 bits per heavy atom. The zero-order chi connectivity index (χ0) is 11.1. The van der Waals surface area contributed by atoms with Crippen molar-refractivity contribution in [1.29, 1.82) is 0 Å². The Kier molecular flexibility index (Phi) is 5.65. The number of hydrogen-bond donors (Lipinski definition) is 0. The van der Waals surface area contributed by atoms with E-state index in [1.165, 1.54) is 0 Å². The van der Waals surface area contributed by atoms with Crippen molar-refractivity contribution in [2.24, 2.45) is 0 Å². The van der Waals surface area contributed by atoms with Crippen LogP contribution < -0.4 is 4.74 Å². The predicted molar refractivity (Wildman–Crippen MR) is 63.3 cm³/mol.